The van der Waals surface area contributed by atoms with Gasteiger partial charge in [0.25, 0.3) is 0 Å². The topological polar surface area (TPSA) is 76.7 Å². The fourth-order valence-electron chi connectivity index (χ4n) is 4.71. The summed E-state index contributed by atoms with van der Waals surface area (Å²) in [5.74, 6) is 0.912. The molecule has 0 bridgehead atoms. The molecule has 0 spiro atoms. The Hall–Kier alpha value is -1.14. The number of fused-ring (bicyclic) bond motifs is 1. The van der Waals surface area contributed by atoms with Crippen LogP contribution in [-0.4, -0.2) is 49.8 Å². The Labute approximate surface area is 156 Å². The summed E-state index contributed by atoms with van der Waals surface area (Å²) in [6.07, 6.45) is 5.64. The molecule has 26 heavy (non-hydrogen) atoms. The number of rotatable bonds is 6. The second kappa shape index (κ2) is 8.26. The molecule has 1 saturated carbocycles. The first-order valence-electron chi connectivity index (χ1n) is 10.2. The van der Waals surface area contributed by atoms with Crippen LogP contribution in [0.5, 0.6) is 0 Å². The van der Waals surface area contributed by atoms with Gasteiger partial charge >= 0.3 is 0 Å². The van der Waals surface area contributed by atoms with Gasteiger partial charge in [0.2, 0.25) is 11.8 Å². The first-order chi connectivity index (χ1) is 12.4. The van der Waals surface area contributed by atoms with Gasteiger partial charge in [0.05, 0.1) is 25.3 Å². The van der Waals surface area contributed by atoms with Gasteiger partial charge in [-0.3, -0.25) is 9.59 Å². The van der Waals surface area contributed by atoms with E-state index in [0.29, 0.717) is 31.7 Å². The normalized spacial score (nSPS) is 34.3. The summed E-state index contributed by atoms with van der Waals surface area (Å²) >= 11 is 0. The monoisotopic (exact) mass is 366 g/mol. The number of carbonyl (C=O) groups excluding carboxylic acids is 2. The molecule has 3 fully saturated rings. The highest BCUT2D eigenvalue weighted by Gasteiger charge is 2.45. The van der Waals surface area contributed by atoms with E-state index in [9.17, 15) is 9.59 Å². The van der Waals surface area contributed by atoms with Gasteiger partial charge in [-0.25, -0.2) is 0 Å². The van der Waals surface area contributed by atoms with Crippen molar-refractivity contribution in [2.45, 2.75) is 77.5 Å². The first kappa shape index (κ1) is 19.6. The van der Waals surface area contributed by atoms with Crippen LogP contribution < -0.4 is 10.6 Å². The quantitative estimate of drug-likeness (QED) is 0.754. The minimum Gasteiger partial charge on any atom is -0.379 e. The van der Waals surface area contributed by atoms with E-state index in [2.05, 4.69) is 17.6 Å². The van der Waals surface area contributed by atoms with Gasteiger partial charge in [-0.15, -0.1) is 0 Å². The zero-order chi connectivity index (χ0) is 18.7. The van der Waals surface area contributed by atoms with Crippen LogP contribution in [-0.2, 0) is 19.1 Å². The number of ether oxygens (including phenoxy) is 2. The van der Waals surface area contributed by atoms with Crippen molar-refractivity contribution in [3.63, 3.8) is 0 Å². The number of carbonyl (C=O) groups is 2. The largest absolute Gasteiger partial charge is 0.379 e. The Balaban J connectivity index is 1.58. The van der Waals surface area contributed by atoms with Crippen molar-refractivity contribution in [3.8, 4) is 0 Å². The summed E-state index contributed by atoms with van der Waals surface area (Å²) in [6, 6.07) is -0.279. The molecule has 0 aromatic carbocycles. The molecule has 3 aliphatic rings. The maximum atomic E-state index is 12.8. The van der Waals surface area contributed by atoms with Gasteiger partial charge in [0.15, 0.2) is 0 Å². The van der Waals surface area contributed by atoms with Gasteiger partial charge in [-0.2, -0.15) is 0 Å². The van der Waals surface area contributed by atoms with E-state index in [1.54, 1.807) is 0 Å². The Morgan fingerprint density at radius 1 is 1.08 bits per heavy atom. The molecule has 0 unspecified atom stereocenters. The van der Waals surface area contributed by atoms with Crippen molar-refractivity contribution in [2.24, 2.45) is 17.3 Å². The fourth-order valence-corrected chi connectivity index (χ4v) is 4.71. The Kier molecular flexibility index (Phi) is 6.23. The summed E-state index contributed by atoms with van der Waals surface area (Å²) in [7, 11) is 0. The number of hydrogen-bond acceptors (Lipinski definition) is 4. The van der Waals surface area contributed by atoms with E-state index < -0.39 is 5.41 Å². The maximum Gasteiger partial charge on any atom is 0.249 e. The van der Waals surface area contributed by atoms with Gasteiger partial charge < -0.3 is 20.1 Å². The zero-order valence-corrected chi connectivity index (χ0v) is 16.4. The van der Waals surface area contributed by atoms with E-state index >= 15 is 0 Å². The van der Waals surface area contributed by atoms with Crippen LogP contribution in [0.15, 0.2) is 0 Å². The molecule has 2 amide bonds. The average Bonchev–Trinajstić information content (AvgIpc) is 3.19. The van der Waals surface area contributed by atoms with Gasteiger partial charge in [0, 0.05) is 12.0 Å². The predicted molar refractivity (Wildman–Crippen MR) is 98.6 cm³/mol. The molecule has 148 valence electrons. The molecule has 3 rings (SSSR count). The maximum absolute atomic E-state index is 12.8. The molecule has 2 N–H and O–H groups in total. The smallest absolute Gasteiger partial charge is 0.249 e. The lowest BCUT2D eigenvalue weighted by Crippen LogP contribution is -2.59. The summed E-state index contributed by atoms with van der Waals surface area (Å²) in [6.45, 7) is 7.79. The van der Waals surface area contributed by atoms with Crippen LogP contribution in [0.2, 0.25) is 0 Å². The Morgan fingerprint density at radius 2 is 1.88 bits per heavy atom. The van der Waals surface area contributed by atoms with Gasteiger partial charge in [-0.1, -0.05) is 33.6 Å². The molecule has 2 saturated heterocycles. The van der Waals surface area contributed by atoms with Gasteiger partial charge in [-0.05, 0) is 37.5 Å². The molecule has 2 aliphatic heterocycles. The summed E-state index contributed by atoms with van der Waals surface area (Å²) in [5.41, 5.74) is -0.396. The van der Waals surface area contributed by atoms with Crippen LogP contribution in [0.4, 0.5) is 0 Å². The summed E-state index contributed by atoms with van der Waals surface area (Å²) in [4.78, 5) is 25.5. The van der Waals surface area contributed by atoms with Crippen molar-refractivity contribution in [2.75, 3.05) is 19.8 Å². The second-order valence-electron chi connectivity index (χ2n) is 8.80. The second-order valence-corrected chi connectivity index (χ2v) is 8.80. The van der Waals surface area contributed by atoms with Crippen molar-refractivity contribution in [1.29, 1.82) is 0 Å². The third kappa shape index (κ3) is 4.22. The van der Waals surface area contributed by atoms with Crippen molar-refractivity contribution in [1.82, 2.24) is 10.6 Å². The van der Waals surface area contributed by atoms with Crippen LogP contribution in [0, 0.1) is 17.3 Å². The van der Waals surface area contributed by atoms with Crippen LogP contribution in [0.1, 0.15) is 59.3 Å². The van der Waals surface area contributed by atoms with Crippen LogP contribution >= 0.6 is 0 Å². The molecule has 0 radical (unpaired) electrons. The molecule has 5 atom stereocenters. The molecular formula is C20H34N2O4. The zero-order valence-electron chi connectivity index (χ0n) is 16.4. The lowest BCUT2D eigenvalue weighted by molar-refractivity contribution is -0.136. The highest BCUT2D eigenvalue weighted by atomic mass is 16.5. The Morgan fingerprint density at radius 3 is 2.65 bits per heavy atom. The number of hydrogen-bond donors (Lipinski definition) is 2. The molecule has 6 heteroatoms. The van der Waals surface area contributed by atoms with Crippen LogP contribution in [0.25, 0.3) is 0 Å². The third-order valence-corrected chi connectivity index (χ3v) is 6.35. The number of nitrogens with one attached hydrogen (secondary N) is 2. The van der Waals surface area contributed by atoms with Crippen molar-refractivity contribution >= 4 is 11.8 Å². The van der Waals surface area contributed by atoms with Crippen molar-refractivity contribution < 1.29 is 19.1 Å². The molecule has 2 heterocycles. The summed E-state index contributed by atoms with van der Waals surface area (Å²) in [5, 5.41) is 6.27. The van der Waals surface area contributed by atoms with Crippen molar-refractivity contribution in [3.05, 3.63) is 0 Å². The highest BCUT2D eigenvalue weighted by Crippen LogP contribution is 2.40. The van der Waals surface area contributed by atoms with Gasteiger partial charge in [0.1, 0.15) is 6.10 Å². The SMILES string of the molecule is CCCC(C)(C)C(=O)N[C@@H]1CCOC[C@@H]1NC(=O)[C@@H]1OC[C@@H]2CCC[C@@H]21. The standard InChI is InChI=1S/C20H34N2O4/c1-4-9-20(2,3)19(24)22-15-8-10-25-12-16(15)21-18(23)17-14-7-5-6-13(14)11-26-17/h13-17H,4-12H2,1-3H3,(H,21,23)(H,22,24)/t13-,14-,15+,16-,17+/m0/s1. The molecule has 6 nitrogen and oxygen atoms in total. The van der Waals surface area contributed by atoms with E-state index in [0.717, 1.165) is 25.7 Å². The highest BCUT2D eigenvalue weighted by molar-refractivity contribution is 5.83. The third-order valence-electron chi connectivity index (χ3n) is 6.35. The van der Waals surface area contributed by atoms with E-state index in [1.807, 2.05) is 13.8 Å². The Bertz CT molecular complexity index is 522. The fraction of sp³-hybridized carbons (Fsp3) is 0.900. The summed E-state index contributed by atoms with van der Waals surface area (Å²) < 4.78 is 11.4. The molecule has 1 aliphatic carbocycles. The van der Waals surface area contributed by atoms with E-state index in [-0.39, 0.29) is 30.0 Å². The molecule has 0 aromatic rings. The minimum absolute atomic E-state index is 0.0398. The average molecular weight is 367 g/mol. The first-order valence-corrected chi connectivity index (χ1v) is 10.2. The molecule has 0 aromatic heterocycles. The number of amides is 2. The lowest BCUT2D eigenvalue weighted by atomic mass is 9.86. The van der Waals surface area contributed by atoms with Crippen LogP contribution in [0.3, 0.4) is 0 Å². The minimum atomic E-state index is -0.396. The predicted octanol–water partition coefficient (Wildman–Crippen LogP) is 2.02. The molecular weight excluding hydrogens is 332 g/mol. The van der Waals surface area contributed by atoms with E-state index in [1.165, 1.54) is 12.8 Å². The lowest BCUT2D eigenvalue weighted by Gasteiger charge is -2.35. The van der Waals surface area contributed by atoms with E-state index in [4.69, 9.17) is 9.47 Å².